The van der Waals surface area contributed by atoms with E-state index in [0.29, 0.717) is 15.6 Å². The summed E-state index contributed by atoms with van der Waals surface area (Å²) in [6.45, 7) is 0. The van der Waals surface area contributed by atoms with Gasteiger partial charge in [-0.3, -0.25) is 9.59 Å². The van der Waals surface area contributed by atoms with Crippen molar-refractivity contribution in [1.29, 1.82) is 0 Å². The first-order valence-electron chi connectivity index (χ1n) is 8.87. The molecular formula is C22H12Cl3FN2O2S. The minimum Gasteiger partial charge on any atom is -0.350 e. The molecule has 0 spiro atoms. The molecule has 1 heterocycles. The van der Waals surface area contributed by atoms with Crippen LogP contribution in [-0.2, 0) is 9.59 Å². The molecule has 0 bridgehead atoms. The van der Waals surface area contributed by atoms with Gasteiger partial charge >= 0.3 is 0 Å². The topological polar surface area (TPSA) is 49.4 Å². The number of imide groups is 1. The largest absolute Gasteiger partial charge is 0.350 e. The summed E-state index contributed by atoms with van der Waals surface area (Å²) < 4.78 is 13.3. The van der Waals surface area contributed by atoms with Crippen LogP contribution in [0.15, 0.2) is 82.2 Å². The predicted molar refractivity (Wildman–Crippen MR) is 123 cm³/mol. The van der Waals surface area contributed by atoms with Crippen LogP contribution in [0.4, 0.5) is 15.8 Å². The van der Waals surface area contributed by atoms with Crippen LogP contribution in [0.5, 0.6) is 0 Å². The van der Waals surface area contributed by atoms with E-state index >= 15 is 0 Å². The smallest absolute Gasteiger partial charge is 0.283 e. The number of carbonyl (C=O) groups is 2. The van der Waals surface area contributed by atoms with Gasteiger partial charge in [0.25, 0.3) is 11.8 Å². The van der Waals surface area contributed by atoms with Crippen molar-refractivity contribution >= 4 is 69.8 Å². The highest BCUT2D eigenvalue weighted by atomic mass is 35.5. The van der Waals surface area contributed by atoms with Crippen LogP contribution in [0.1, 0.15) is 0 Å². The number of nitrogens with one attached hydrogen (secondary N) is 1. The van der Waals surface area contributed by atoms with Gasteiger partial charge in [-0.15, -0.1) is 0 Å². The molecule has 4 nitrogen and oxygen atoms in total. The number of carbonyl (C=O) groups excluding carboxylic acids is 2. The zero-order chi connectivity index (χ0) is 22.1. The molecule has 3 aromatic carbocycles. The Morgan fingerprint density at radius 2 is 1.39 bits per heavy atom. The minimum absolute atomic E-state index is 0.0626. The molecule has 0 aromatic heterocycles. The molecule has 1 aliphatic rings. The lowest BCUT2D eigenvalue weighted by molar-refractivity contribution is -0.120. The maximum absolute atomic E-state index is 13.3. The van der Waals surface area contributed by atoms with Crippen LogP contribution < -0.4 is 10.2 Å². The van der Waals surface area contributed by atoms with Gasteiger partial charge in [0.05, 0.1) is 5.69 Å². The average Bonchev–Trinajstić information content (AvgIpc) is 2.94. The summed E-state index contributed by atoms with van der Waals surface area (Å²) in [6, 6.07) is 16.8. The van der Waals surface area contributed by atoms with Crippen LogP contribution in [-0.4, -0.2) is 11.8 Å². The number of benzene rings is 3. The number of rotatable bonds is 5. The number of hydrogen-bond acceptors (Lipinski definition) is 4. The monoisotopic (exact) mass is 492 g/mol. The third-order valence-electron chi connectivity index (χ3n) is 4.29. The number of nitrogens with zero attached hydrogens (tertiary/aromatic N) is 1. The summed E-state index contributed by atoms with van der Waals surface area (Å²) in [5.74, 6) is -1.53. The fourth-order valence-corrected chi connectivity index (χ4v) is 4.48. The Labute approximate surface area is 196 Å². The summed E-state index contributed by atoms with van der Waals surface area (Å²) in [5.41, 5.74) is 0.767. The Morgan fingerprint density at radius 3 is 2.00 bits per heavy atom. The fraction of sp³-hybridized carbons (Fsp3) is 0. The highest BCUT2D eigenvalue weighted by Gasteiger charge is 2.40. The second kappa shape index (κ2) is 8.93. The van der Waals surface area contributed by atoms with E-state index in [1.807, 2.05) is 0 Å². The lowest BCUT2D eigenvalue weighted by Crippen LogP contribution is -2.32. The number of anilines is 2. The third-order valence-corrected chi connectivity index (χ3v) is 6.07. The van der Waals surface area contributed by atoms with Gasteiger partial charge in [-0.1, -0.05) is 46.6 Å². The van der Waals surface area contributed by atoms with Gasteiger partial charge in [0.15, 0.2) is 0 Å². The quantitative estimate of drug-likeness (QED) is 0.398. The molecular weight excluding hydrogens is 482 g/mol. The average molecular weight is 494 g/mol. The van der Waals surface area contributed by atoms with Gasteiger partial charge in [0.1, 0.15) is 16.4 Å². The Kier molecular flexibility index (Phi) is 6.25. The van der Waals surface area contributed by atoms with E-state index in [1.54, 1.807) is 24.3 Å². The van der Waals surface area contributed by atoms with E-state index in [4.69, 9.17) is 34.8 Å². The molecule has 0 saturated carbocycles. The molecule has 31 heavy (non-hydrogen) atoms. The molecule has 0 unspecified atom stereocenters. The molecule has 0 atom stereocenters. The summed E-state index contributed by atoms with van der Waals surface area (Å²) in [6.07, 6.45) is 0. The Balaban J connectivity index is 1.75. The maximum Gasteiger partial charge on any atom is 0.283 e. The molecule has 1 aliphatic heterocycles. The number of amides is 2. The van der Waals surface area contributed by atoms with E-state index < -0.39 is 17.6 Å². The fourth-order valence-electron chi connectivity index (χ4n) is 2.92. The van der Waals surface area contributed by atoms with Crippen molar-refractivity contribution in [3.8, 4) is 0 Å². The minimum atomic E-state index is -0.580. The SMILES string of the molecule is O=C1C(Nc2ccc(F)cc2)=C(Sc2ccc(Cl)cc2)C(=O)N1c1cc(Cl)cc(Cl)c1. The van der Waals surface area contributed by atoms with Crippen molar-refractivity contribution in [2.75, 3.05) is 10.2 Å². The first-order chi connectivity index (χ1) is 14.8. The van der Waals surface area contributed by atoms with Gasteiger partial charge in [-0.2, -0.15) is 0 Å². The van der Waals surface area contributed by atoms with Crippen LogP contribution in [0.3, 0.4) is 0 Å². The standard InChI is InChI=1S/C22H12Cl3FN2O2S/c23-12-1-7-18(8-2-12)31-20-19(27-16-5-3-15(26)4-6-16)21(29)28(22(20)30)17-10-13(24)9-14(25)11-17/h1-11,27H. The van der Waals surface area contributed by atoms with Crippen molar-refractivity contribution in [3.05, 3.63) is 98.2 Å². The molecule has 4 rings (SSSR count). The van der Waals surface area contributed by atoms with Gasteiger partial charge in [0, 0.05) is 25.7 Å². The summed E-state index contributed by atoms with van der Waals surface area (Å²) in [7, 11) is 0. The highest BCUT2D eigenvalue weighted by molar-refractivity contribution is 8.04. The molecule has 0 aliphatic carbocycles. The van der Waals surface area contributed by atoms with Crippen LogP contribution in [0.25, 0.3) is 0 Å². The van der Waals surface area contributed by atoms with Crippen molar-refractivity contribution in [3.63, 3.8) is 0 Å². The second-order valence-corrected chi connectivity index (χ2v) is 8.86. The summed E-state index contributed by atoms with van der Waals surface area (Å²) >= 11 is 19.2. The zero-order valence-corrected chi connectivity index (χ0v) is 18.6. The van der Waals surface area contributed by atoms with Gasteiger partial charge in [-0.25, -0.2) is 9.29 Å². The Hall–Kier alpha value is -2.51. The summed E-state index contributed by atoms with van der Waals surface area (Å²) in [5, 5.41) is 4.07. The van der Waals surface area contributed by atoms with E-state index in [1.165, 1.54) is 42.5 Å². The second-order valence-electron chi connectivity index (χ2n) is 6.47. The van der Waals surface area contributed by atoms with Crippen LogP contribution >= 0.6 is 46.6 Å². The lowest BCUT2D eigenvalue weighted by atomic mass is 10.3. The van der Waals surface area contributed by atoms with Crippen molar-refractivity contribution < 1.29 is 14.0 Å². The van der Waals surface area contributed by atoms with Crippen molar-refractivity contribution in [1.82, 2.24) is 0 Å². The molecule has 0 radical (unpaired) electrons. The normalized spacial score (nSPS) is 13.9. The van der Waals surface area contributed by atoms with E-state index in [0.717, 1.165) is 16.7 Å². The first-order valence-corrected chi connectivity index (χ1v) is 10.8. The third kappa shape index (κ3) is 4.72. The van der Waals surface area contributed by atoms with E-state index in [9.17, 15) is 14.0 Å². The summed E-state index contributed by atoms with van der Waals surface area (Å²) in [4.78, 5) is 28.4. The van der Waals surface area contributed by atoms with Crippen LogP contribution in [0, 0.1) is 5.82 Å². The Morgan fingerprint density at radius 1 is 0.774 bits per heavy atom. The molecule has 0 saturated heterocycles. The number of hydrogen-bond donors (Lipinski definition) is 1. The van der Waals surface area contributed by atoms with E-state index in [2.05, 4.69) is 5.32 Å². The highest BCUT2D eigenvalue weighted by Crippen LogP contribution is 2.39. The van der Waals surface area contributed by atoms with Crippen LogP contribution in [0.2, 0.25) is 15.1 Å². The molecule has 2 amide bonds. The Bertz CT molecular complexity index is 1120. The number of thioether (sulfide) groups is 1. The zero-order valence-electron chi connectivity index (χ0n) is 15.5. The van der Waals surface area contributed by atoms with Crippen molar-refractivity contribution in [2.24, 2.45) is 0 Å². The molecule has 3 aromatic rings. The molecule has 156 valence electrons. The van der Waals surface area contributed by atoms with Gasteiger partial charge in [-0.05, 0) is 66.7 Å². The predicted octanol–water partition coefficient (Wildman–Crippen LogP) is 6.78. The molecule has 0 fully saturated rings. The first kappa shape index (κ1) is 21.7. The molecule has 1 N–H and O–H groups in total. The number of halogens is 4. The van der Waals surface area contributed by atoms with Gasteiger partial charge < -0.3 is 5.32 Å². The van der Waals surface area contributed by atoms with Crippen molar-refractivity contribution in [2.45, 2.75) is 4.90 Å². The van der Waals surface area contributed by atoms with Gasteiger partial charge in [0.2, 0.25) is 0 Å². The maximum atomic E-state index is 13.3. The molecule has 9 heteroatoms. The van der Waals surface area contributed by atoms with E-state index in [-0.39, 0.29) is 26.3 Å². The lowest BCUT2D eigenvalue weighted by Gasteiger charge is -2.16.